The Morgan fingerprint density at radius 1 is 0.941 bits per heavy atom. The highest BCUT2D eigenvalue weighted by Crippen LogP contribution is 2.53. The van der Waals surface area contributed by atoms with Gasteiger partial charge in [-0.1, -0.05) is 91.0 Å². The van der Waals surface area contributed by atoms with E-state index in [0.29, 0.717) is 6.54 Å². The second kappa shape index (κ2) is 9.05. The predicted molar refractivity (Wildman–Crippen MR) is 125 cm³/mol. The number of hydrogen-bond acceptors (Lipinski definition) is 5. The summed E-state index contributed by atoms with van der Waals surface area (Å²) in [6, 6.07) is 28.9. The number of esters is 1. The Morgan fingerprint density at radius 2 is 1.50 bits per heavy atom. The standard InChI is InChI=1S/C28H27NO5/c1-2-32-26(31)27-20-28(22-14-8-4-9-15-22,23-16-10-5-11-17-23)34-33-24(27)19-29(25(27)30)18-21-12-6-3-7-13-21/h3-17,24H,2,18-20H2,1H3. The number of likely N-dealkylation sites (tertiary alicyclic amines) is 1. The Hall–Kier alpha value is -3.48. The first-order chi connectivity index (χ1) is 16.6. The van der Waals surface area contributed by atoms with Gasteiger partial charge in [-0.05, 0) is 23.6 Å². The van der Waals surface area contributed by atoms with Gasteiger partial charge in [-0.2, -0.15) is 0 Å². The summed E-state index contributed by atoms with van der Waals surface area (Å²) in [6.45, 7) is 2.53. The third kappa shape index (κ3) is 3.59. The number of rotatable bonds is 6. The number of benzene rings is 3. The molecule has 0 radical (unpaired) electrons. The van der Waals surface area contributed by atoms with Crippen molar-refractivity contribution in [3.8, 4) is 0 Å². The highest BCUT2D eigenvalue weighted by molar-refractivity contribution is 6.05. The molecule has 3 aromatic rings. The highest BCUT2D eigenvalue weighted by atomic mass is 17.2. The van der Waals surface area contributed by atoms with Crippen LogP contribution in [-0.2, 0) is 36.2 Å². The Morgan fingerprint density at radius 3 is 2.06 bits per heavy atom. The fraction of sp³-hybridized carbons (Fsp3) is 0.286. The van der Waals surface area contributed by atoms with Crippen LogP contribution >= 0.6 is 0 Å². The van der Waals surface area contributed by atoms with Crippen LogP contribution in [0.1, 0.15) is 30.0 Å². The van der Waals surface area contributed by atoms with Crippen LogP contribution in [0.2, 0.25) is 0 Å². The van der Waals surface area contributed by atoms with Crippen molar-refractivity contribution in [2.24, 2.45) is 5.41 Å². The van der Waals surface area contributed by atoms with Gasteiger partial charge in [0.25, 0.3) is 0 Å². The van der Waals surface area contributed by atoms with Crippen molar-refractivity contribution in [3.05, 3.63) is 108 Å². The van der Waals surface area contributed by atoms with E-state index >= 15 is 0 Å². The maximum atomic E-state index is 14.0. The van der Waals surface area contributed by atoms with Gasteiger partial charge in [0, 0.05) is 13.0 Å². The van der Waals surface area contributed by atoms with Crippen LogP contribution in [0, 0.1) is 5.41 Å². The summed E-state index contributed by atoms with van der Waals surface area (Å²) in [5.41, 5.74) is -0.0825. The molecule has 0 bridgehead atoms. The molecule has 34 heavy (non-hydrogen) atoms. The molecule has 3 aromatic carbocycles. The first kappa shape index (κ1) is 22.3. The van der Waals surface area contributed by atoms with Crippen molar-refractivity contribution in [3.63, 3.8) is 0 Å². The van der Waals surface area contributed by atoms with Crippen LogP contribution in [0.25, 0.3) is 0 Å². The molecule has 2 saturated heterocycles. The Bertz CT molecular complexity index is 1110. The number of carbonyl (C=O) groups excluding carboxylic acids is 2. The number of hydrogen-bond donors (Lipinski definition) is 0. The minimum atomic E-state index is -1.52. The monoisotopic (exact) mass is 457 g/mol. The number of fused-ring (bicyclic) bond motifs is 1. The number of carbonyl (C=O) groups is 2. The lowest BCUT2D eigenvalue weighted by Crippen LogP contribution is -2.57. The van der Waals surface area contributed by atoms with Crippen molar-refractivity contribution < 1.29 is 24.1 Å². The molecule has 0 spiro atoms. The fourth-order valence-corrected chi connectivity index (χ4v) is 5.10. The molecule has 2 heterocycles. The molecule has 2 atom stereocenters. The van der Waals surface area contributed by atoms with Gasteiger partial charge in [0.1, 0.15) is 6.10 Å². The lowest BCUT2D eigenvalue weighted by atomic mass is 9.69. The first-order valence-electron chi connectivity index (χ1n) is 11.6. The van der Waals surface area contributed by atoms with Crippen LogP contribution in [0.3, 0.4) is 0 Å². The Balaban J connectivity index is 1.61. The third-order valence-corrected chi connectivity index (χ3v) is 6.78. The van der Waals surface area contributed by atoms with Gasteiger partial charge >= 0.3 is 5.97 Å². The summed E-state index contributed by atoms with van der Waals surface area (Å²) in [5, 5.41) is 0. The van der Waals surface area contributed by atoms with E-state index in [9.17, 15) is 9.59 Å². The molecule has 5 rings (SSSR count). The summed E-state index contributed by atoms with van der Waals surface area (Å²) >= 11 is 0. The van der Waals surface area contributed by atoms with Crippen LogP contribution in [-0.4, -0.2) is 36.0 Å². The van der Waals surface area contributed by atoms with Gasteiger partial charge in [-0.3, -0.25) is 9.59 Å². The average molecular weight is 458 g/mol. The van der Waals surface area contributed by atoms with E-state index in [2.05, 4.69) is 0 Å². The van der Waals surface area contributed by atoms with Crippen LogP contribution < -0.4 is 0 Å². The molecule has 6 nitrogen and oxygen atoms in total. The predicted octanol–water partition coefficient (Wildman–Crippen LogP) is 4.24. The van der Waals surface area contributed by atoms with Gasteiger partial charge in [-0.15, -0.1) is 0 Å². The van der Waals surface area contributed by atoms with E-state index in [1.807, 2.05) is 91.0 Å². The molecule has 0 aromatic heterocycles. The van der Waals surface area contributed by atoms with Crippen molar-refractivity contribution in [2.75, 3.05) is 13.2 Å². The first-order valence-corrected chi connectivity index (χ1v) is 11.6. The van der Waals surface area contributed by atoms with E-state index in [4.69, 9.17) is 14.5 Å². The quantitative estimate of drug-likeness (QED) is 0.315. The summed E-state index contributed by atoms with van der Waals surface area (Å²) in [4.78, 5) is 41.4. The molecule has 174 valence electrons. The SMILES string of the molecule is CCOC(=O)C12CC(c3ccccc3)(c3ccccc3)OOC1CN(Cc1ccccc1)C2=O. The van der Waals surface area contributed by atoms with Gasteiger partial charge < -0.3 is 9.64 Å². The molecule has 1 amide bonds. The van der Waals surface area contributed by atoms with Crippen LogP contribution in [0.4, 0.5) is 0 Å². The van der Waals surface area contributed by atoms with Crippen molar-refractivity contribution >= 4 is 11.9 Å². The Labute approximate surface area is 199 Å². The zero-order valence-electron chi connectivity index (χ0n) is 19.1. The van der Waals surface area contributed by atoms with E-state index in [-0.39, 0.29) is 25.5 Å². The van der Waals surface area contributed by atoms with E-state index in [0.717, 1.165) is 16.7 Å². The molecule has 2 aliphatic rings. The van der Waals surface area contributed by atoms with E-state index in [1.165, 1.54) is 0 Å². The second-order valence-electron chi connectivity index (χ2n) is 8.77. The second-order valence-corrected chi connectivity index (χ2v) is 8.77. The molecule has 6 heteroatoms. The lowest BCUT2D eigenvalue weighted by molar-refractivity contribution is -0.417. The largest absolute Gasteiger partial charge is 0.465 e. The summed E-state index contributed by atoms with van der Waals surface area (Å²) < 4.78 is 5.50. The molecule has 0 N–H and O–H groups in total. The van der Waals surface area contributed by atoms with Crippen molar-refractivity contribution in [1.29, 1.82) is 0 Å². The fourth-order valence-electron chi connectivity index (χ4n) is 5.10. The molecule has 0 aliphatic carbocycles. The van der Waals surface area contributed by atoms with Crippen LogP contribution in [0.15, 0.2) is 91.0 Å². The van der Waals surface area contributed by atoms with Crippen molar-refractivity contribution in [2.45, 2.75) is 31.6 Å². The number of amides is 1. The Kier molecular flexibility index (Phi) is 5.94. The maximum absolute atomic E-state index is 14.0. The molecule has 0 saturated carbocycles. The topological polar surface area (TPSA) is 65.1 Å². The normalized spacial score (nSPS) is 23.4. The summed E-state index contributed by atoms with van der Waals surface area (Å²) in [6.07, 6.45) is -0.690. The minimum absolute atomic E-state index is 0.0850. The number of nitrogens with zero attached hydrogens (tertiary/aromatic N) is 1. The molecule has 2 unspecified atom stereocenters. The zero-order valence-corrected chi connectivity index (χ0v) is 19.1. The lowest BCUT2D eigenvalue weighted by Gasteiger charge is -2.45. The highest BCUT2D eigenvalue weighted by Gasteiger charge is 2.68. The maximum Gasteiger partial charge on any atom is 0.324 e. The minimum Gasteiger partial charge on any atom is -0.465 e. The molecular formula is C28H27NO5. The smallest absolute Gasteiger partial charge is 0.324 e. The zero-order chi connectivity index (χ0) is 23.6. The van der Waals surface area contributed by atoms with Gasteiger partial charge in [0.15, 0.2) is 11.0 Å². The van der Waals surface area contributed by atoms with Crippen molar-refractivity contribution in [1.82, 2.24) is 4.90 Å². The summed E-state index contributed by atoms with van der Waals surface area (Å²) in [7, 11) is 0. The number of ether oxygens (including phenoxy) is 1. The van der Waals surface area contributed by atoms with Crippen LogP contribution in [0.5, 0.6) is 0 Å². The van der Waals surface area contributed by atoms with Gasteiger partial charge in [0.05, 0.1) is 13.2 Å². The third-order valence-electron chi connectivity index (χ3n) is 6.78. The summed E-state index contributed by atoms with van der Waals surface area (Å²) in [5.74, 6) is -0.862. The van der Waals surface area contributed by atoms with Gasteiger partial charge in [-0.25, -0.2) is 9.78 Å². The van der Waals surface area contributed by atoms with E-state index in [1.54, 1.807) is 11.8 Å². The molecule has 2 fully saturated rings. The molecule has 2 aliphatic heterocycles. The van der Waals surface area contributed by atoms with Gasteiger partial charge in [0.2, 0.25) is 5.91 Å². The molecular weight excluding hydrogens is 430 g/mol. The van der Waals surface area contributed by atoms with E-state index < -0.39 is 23.1 Å². The average Bonchev–Trinajstić information content (AvgIpc) is 3.17.